The highest BCUT2D eigenvalue weighted by molar-refractivity contribution is 9.11. The molecule has 0 saturated carbocycles. The summed E-state index contributed by atoms with van der Waals surface area (Å²) >= 11 is 4.71. The minimum atomic E-state index is -3.39. The molecule has 1 aromatic rings. The number of nitrogens with zero attached hydrogens (tertiary/aromatic N) is 1. The van der Waals surface area contributed by atoms with Crippen molar-refractivity contribution in [1.29, 1.82) is 0 Å². The van der Waals surface area contributed by atoms with Gasteiger partial charge >= 0.3 is 0 Å². The molecule has 90 valence electrons. The van der Waals surface area contributed by atoms with E-state index in [0.717, 1.165) is 14.2 Å². The Morgan fingerprint density at radius 2 is 2.19 bits per heavy atom. The second-order valence-corrected chi connectivity index (χ2v) is 8.34. The monoisotopic (exact) mass is 323 g/mol. The van der Waals surface area contributed by atoms with Gasteiger partial charge in [0.15, 0.2) is 0 Å². The van der Waals surface area contributed by atoms with Crippen LogP contribution in [0.25, 0.3) is 0 Å². The summed E-state index contributed by atoms with van der Waals surface area (Å²) in [5.41, 5.74) is 0.818. The number of thiophene rings is 1. The second-order valence-electron chi connectivity index (χ2n) is 3.69. The van der Waals surface area contributed by atoms with Gasteiger partial charge in [0.1, 0.15) is 0 Å². The van der Waals surface area contributed by atoms with Gasteiger partial charge in [-0.1, -0.05) is 12.2 Å². The van der Waals surface area contributed by atoms with Crippen LogP contribution < -0.4 is 0 Å². The molecule has 0 radical (unpaired) electrons. The van der Waals surface area contributed by atoms with Gasteiger partial charge in [0.25, 0.3) is 0 Å². The van der Waals surface area contributed by atoms with E-state index in [2.05, 4.69) is 22.5 Å². The fourth-order valence-electron chi connectivity index (χ4n) is 1.32. The van der Waals surface area contributed by atoms with Crippen LogP contribution in [0.2, 0.25) is 0 Å². The first-order chi connectivity index (χ1) is 7.25. The van der Waals surface area contributed by atoms with Crippen LogP contribution in [0.4, 0.5) is 0 Å². The summed E-state index contributed by atoms with van der Waals surface area (Å²) in [6.45, 7) is 7.67. The van der Waals surface area contributed by atoms with E-state index in [1.54, 1.807) is 20.0 Å². The molecule has 0 N–H and O–H groups in total. The third-order valence-electron chi connectivity index (χ3n) is 2.02. The molecule has 1 aromatic heterocycles. The molecule has 0 aliphatic carbocycles. The lowest BCUT2D eigenvalue weighted by molar-refractivity contribution is 0.493. The van der Waals surface area contributed by atoms with Gasteiger partial charge in [-0.25, -0.2) is 8.42 Å². The largest absolute Gasteiger partial charge is 0.244 e. The van der Waals surface area contributed by atoms with Gasteiger partial charge in [-0.2, -0.15) is 4.31 Å². The van der Waals surface area contributed by atoms with Gasteiger partial charge in [-0.05, 0) is 35.8 Å². The maximum atomic E-state index is 12.2. The molecule has 0 amide bonds. The maximum Gasteiger partial charge on any atom is 0.244 e. The van der Waals surface area contributed by atoms with Crippen LogP contribution in [0.3, 0.4) is 0 Å². The first-order valence-electron chi connectivity index (χ1n) is 4.62. The van der Waals surface area contributed by atoms with E-state index >= 15 is 0 Å². The topological polar surface area (TPSA) is 37.4 Å². The second kappa shape index (κ2) is 5.00. The Balaban J connectivity index is 3.11. The fraction of sp³-hybridized carbons (Fsp3) is 0.400. The number of hydrogen-bond donors (Lipinski definition) is 0. The van der Waals surface area contributed by atoms with E-state index in [-0.39, 0.29) is 0 Å². The molecule has 3 nitrogen and oxygen atoms in total. The zero-order valence-corrected chi connectivity index (χ0v) is 12.7. The number of sulfonamides is 1. The van der Waals surface area contributed by atoms with Crippen molar-refractivity contribution < 1.29 is 8.42 Å². The Kier molecular flexibility index (Phi) is 4.34. The molecule has 0 saturated heterocycles. The van der Waals surface area contributed by atoms with Gasteiger partial charge in [0.05, 0.1) is 8.68 Å². The molecule has 0 bridgehead atoms. The Hall–Kier alpha value is -0.170. The Morgan fingerprint density at radius 1 is 1.62 bits per heavy atom. The molecule has 1 rings (SSSR count). The lowest BCUT2D eigenvalue weighted by Gasteiger charge is -2.16. The van der Waals surface area contributed by atoms with Crippen LogP contribution in [0, 0.1) is 6.92 Å². The van der Waals surface area contributed by atoms with E-state index in [1.807, 2.05) is 6.92 Å². The first kappa shape index (κ1) is 13.9. The van der Waals surface area contributed by atoms with Crippen molar-refractivity contribution in [3.8, 4) is 0 Å². The summed E-state index contributed by atoms with van der Waals surface area (Å²) < 4.78 is 26.5. The van der Waals surface area contributed by atoms with Crippen molar-refractivity contribution in [3.05, 3.63) is 26.9 Å². The predicted molar refractivity (Wildman–Crippen MR) is 71.4 cm³/mol. The Morgan fingerprint density at radius 3 is 2.56 bits per heavy atom. The lowest BCUT2D eigenvalue weighted by atomic mass is 10.4. The summed E-state index contributed by atoms with van der Waals surface area (Å²) in [4.78, 5) is 1.16. The number of rotatable bonds is 4. The lowest BCUT2D eigenvalue weighted by Crippen LogP contribution is -2.28. The standard InChI is InChI=1S/C10H14BrNO2S2/c1-7(2)6-12(4)16(13,14)9-5-10(11)15-8(9)3/h5H,1,6H2,2-4H3. The predicted octanol–water partition coefficient (Wildman–Crippen LogP) is 3.02. The molecule has 0 spiro atoms. The van der Waals surface area contributed by atoms with E-state index in [1.165, 1.54) is 15.6 Å². The molecule has 0 aliphatic rings. The fourth-order valence-corrected chi connectivity index (χ4v) is 4.93. The summed E-state index contributed by atoms with van der Waals surface area (Å²) in [5, 5.41) is 0. The molecule has 6 heteroatoms. The summed E-state index contributed by atoms with van der Waals surface area (Å²) in [5.74, 6) is 0. The average molecular weight is 324 g/mol. The third kappa shape index (κ3) is 2.94. The van der Waals surface area contributed by atoms with Gasteiger partial charge in [-0.3, -0.25) is 0 Å². The molecular weight excluding hydrogens is 310 g/mol. The molecule has 0 unspecified atom stereocenters. The van der Waals surface area contributed by atoms with Gasteiger partial charge < -0.3 is 0 Å². The van der Waals surface area contributed by atoms with Crippen LogP contribution in [0.15, 0.2) is 26.9 Å². The quantitative estimate of drug-likeness (QED) is 0.799. The number of aryl methyl sites for hydroxylation is 1. The van der Waals surface area contributed by atoms with Crippen LogP contribution in [-0.4, -0.2) is 26.3 Å². The van der Waals surface area contributed by atoms with Crippen LogP contribution in [0.5, 0.6) is 0 Å². The molecule has 1 heterocycles. The van der Waals surface area contributed by atoms with Crippen molar-refractivity contribution >= 4 is 37.3 Å². The van der Waals surface area contributed by atoms with Crippen LogP contribution >= 0.6 is 27.3 Å². The highest BCUT2D eigenvalue weighted by atomic mass is 79.9. The van der Waals surface area contributed by atoms with Crippen molar-refractivity contribution in [3.63, 3.8) is 0 Å². The highest BCUT2D eigenvalue weighted by Crippen LogP contribution is 2.31. The Labute approximate surface area is 109 Å². The molecular formula is C10H14BrNO2S2. The summed E-state index contributed by atoms with van der Waals surface area (Å²) in [6, 6.07) is 1.64. The molecule has 16 heavy (non-hydrogen) atoms. The normalized spacial score (nSPS) is 12.1. The SMILES string of the molecule is C=C(C)CN(C)S(=O)(=O)c1cc(Br)sc1C. The molecule has 0 aliphatic heterocycles. The van der Waals surface area contributed by atoms with E-state index in [9.17, 15) is 8.42 Å². The number of likely N-dealkylation sites (N-methyl/N-ethyl adjacent to an activating group) is 1. The van der Waals surface area contributed by atoms with Gasteiger partial charge in [0.2, 0.25) is 10.0 Å². The molecule has 0 aromatic carbocycles. The molecule has 0 fully saturated rings. The van der Waals surface area contributed by atoms with E-state index in [4.69, 9.17) is 0 Å². The Bertz CT molecular complexity index is 505. The summed E-state index contributed by atoms with van der Waals surface area (Å²) in [6.07, 6.45) is 0. The summed E-state index contributed by atoms with van der Waals surface area (Å²) in [7, 11) is -1.83. The van der Waals surface area contributed by atoms with Gasteiger partial charge in [-0.15, -0.1) is 11.3 Å². The van der Waals surface area contributed by atoms with Crippen molar-refractivity contribution in [1.82, 2.24) is 4.31 Å². The highest BCUT2D eigenvalue weighted by Gasteiger charge is 2.24. The van der Waals surface area contributed by atoms with Crippen molar-refractivity contribution in [2.75, 3.05) is 13.6 Å². The van der Waals surface area contributed by atoms with Crippen LogP contribution in [0.1, 0.15) is 11.8 Å². The van der Waals surface area contributed by atoms with E-state index in [0.29, 0.717) is 11.4 Å². The minimum absolute atomic E-state index is 0.342. The van der Waals surface area contributed by atoms with E-state index < -0.39 is 10.0 Å². The number of hydrogen-bond acceptors (Lipinski definition) is 3. The minimum Gasteiger partial charge on any atom is -0.207 e. The zero-order valence-electron chi connectivity index (χ0n) is 9.45. The maximum absolute atomic E-state index is 12.2. The van der Waals surface area contributed by atoms with Crippen LogP contribution in [-0.2, 0) is 10.0 Å². The first-order valence-corrected chi connectivity index (χ1v) is 7.66. The zero-order chi connectivity index (χ0) is 12.5. The smallest absolute Gasteiger partial charge is 0.207 e. The average Bonchev–Trinajstić information content (AvgIpc) is 2.44. The van der Waals surface area contributed by atoms with Gasteiger partial charge in [0, 0.05) is 18.5 Å². The van der Waals surface area contributed by atoms with Crippen molar-refractivity contribution in [2.24, 2.45) is 0 Å². The number of halogens is 1. The third-order valence-corrected chi connectivity index (χ3v) is 5.64. The molecule has 0 atom stereocenters. The van der Waals surface area contributed by atoms with Crippen molar-refractivity contribution in [2.45, 2.75) is 18.7 Å².